The molecule has 118 valence electrons. The zero-order valence-electron chi connectivity index (χ0n) is 12.3. The number of nitrogens with two attached hydrogens (primary N) is 1. The Kier molecular flexibility index (Phi) is 3.55. The number of hydrogen-bond acceptors (Lipinski definition) is 5. The largest absolute Gasteiger partial charge is 0.375 e. The number of nitrogen functional groups attached to an aromatic ring is 1. The van der Waals surface area contributed by atoms with Crippen molar-refractivity contribution >= 4 is 44.9 Å². The maximum atomic E-state index is 12.7. The Morgan fingerprint density at radius 1 is 1.21 bits per heavy atom. The van der Waals surface area contributed by atoms with Gasteiger partial charge in [0.2, 0.25) is 5.78 Å². The summed E-state index contributed by atoms with van der Waals surface area (Å²) in [6.07, 6.45) is 3.42. The second-order valence-corrected chi connectivity index (χ2v) is 6.56. The predicted molar refractivity (Wildman–Crippen MR) is 96.5 cm³/mol. The van der Waals surface area contributed by atoms with E-state index in [0.29, 0.717) is 27.1 Å². The number of carbonyl (C=O) groups is 1. The summed E-state index contributed by atoms with van der Waals surface area (Å²) < 4.78 is 0. The molecule has 0 aliphatic rings. The molecule has 0 fully saturated rings. The average molecular weight is 355 g/mol. The molecule has 7 heteroatoms. The molecule has 3 heterocycles. The lowest BCUT2D eigenvalue weighted by molar-refractivity contribution is 0.103. The van der Waals surface area contributed by atoms with Crippen molar-refractivity contribution in [2.45, 2.75) is 0 Å². The van der Waals surface area contributed by atoms with E-state index >= 15 is 0 Å². The normalized spacial score (nSPS) is 11.0. The molecule has 5 nitrogen and oxygen atoms in total. The van der Waals surface area contributed by atoms with Crippen LogP contribution in [-0.4, -0.2) is 20.7 Å². The minimum atomic E-state index is -0.177. The van der Waals surface area contributed by atoms with E-state index in [4.69, 9.17) is 17.3 Å². The molecule has 0 unspecified atom stereocenters. The zero-order valence-corrected chi connectivity index (χ0v) is 13.9. The lowest BCUT2D eigenvalue weighted by atomic mass is 10.0. The Hall–Kier alpha value is -2.70. The van der Waals surface area contributed by atoms with Crippen LogP contribution in [0, 0.1) is 0 Å². The number of anilines is 1. The maximum Gasteiger partial charge on any atom is 0.214 e. The second kappa shape index (κ2) is 5.74. The average Bonchev–Trinajstić information content (AvgIpc) is 3.20. The third kappa shape index (κ3) is 2.55. The third-order valence-electron chi connectivity index (χ3n) is 3.71. The first-order valence-electron chi connectivity index (χ1n) is 7.10. The SMILES string of the molecule is Nc1nc(C(=O)c2c[nH]c3ncc(-c4ccc(Cl)cc4)cc23)cs1. The summed E-state index contributed by atoms with van der Waals surface area (Å²) in [5.74, 6) is -0.177. The highest BCUT2D eigenvalue weighted by Crippen LogP contribution is 2.27. The van der Waals surface area contributed by atoms with Crippen molar-refractivity contribution in [2.75, 3.05) is 5.73 Å². The van der Waals surface area contributed by atoms with Crippen LogP contribution in [0.15, 0.2) is 48.1 Å². The van der Waals surface area contributed by atoms with Gasteiger partial charge in [0.15, 0.2) is 5.13 Å². The highest BCUT2D eigenvalue weighted by atomic mass is 35.5. The minimum absolute atomic E-state index is 0.177. The number of halogens is 1. The molecule has 0 radical (unpaired) electrons. The van der Waals surface area contributed by atoms with Gasteiger partial charge in [-0.2, -0.15) is 0 Å². The Morgan fingerprint density at radius 2 is 2.00 bits per heavy atom. The monoisotopic (exact) mass is 354 g/mol. The van der Waals surface area contributed by atoms with Crippen molar-refractivity contribution < 1.29 is 4.79 Å². The standard InChI is InChI=1S/C17H11ClN4OS/c18-11-3-1-9(2-4-11)10-5-12-13(7-21-16(12)20-6-10)15(23)14-8-24-17(19)22-14/h1-8H,(H2,19,22)(H,20,21). The van der Waals surface area contributed by atoms with Gasteiger partial charge in [0.25, 0.3) is 0 Å². The number of aromatic amines is 1. The highest BCUT2D eigenvalue weighted by molar-refractivity contribution is 7.13. The summed E-state index contributed by atoms with van der Waals surface area (Å²) >= 11 is 7.18. The van der Waals surface area contributed by atoms with Crippen molar-refractivity contribution in [3.05, 3.63) is 64.4 Å². The molecule has 3 N–H and O–H groups in total. The van der Waals surface area contributed by atoms with E-state index < -0.39 is 0 Å². The van der Waals surface area contributed by atoms with Gasteiger partial charge in [-0.15, -0.1) is 11.3 Å². The van der Waals surface area contributed by atoms with Crippen LogP contribution in [-0.2, 0) is 0 Å². The fraction of sp³-hybridized carbons (Fsp3) is 0. The van der Waals surface area contributed by atoms with Crippen LogP contribution in [0.1, 0.15) is 16.1 Å². The maximum absolute atomic E-state index is 12.7. The first kappa shape index (κ1) is 14.9. The van der Waals surface area contributed by atoms with E-state index in [0.717, 1.165) is 16.5 Å². The van der Waals surface area contributed by atoms with E-state index in [2.05, 4.69) is 15.0 Å². The Bertz CT molecular complexity index is 1050. The van der Waals surface area contributed by atoms with E-state index in [9.17, 15) is 4.79 Å². The van der Waals surface area contributed by atoms with Crippen LogP contribution in [0.25, 0.3) is 22.2 Å². The molecule has 0 amide bonds. The van der Waals surface area contributed by atoms with E-state index in [1.165, 1.54) is 11.3 Å². The number of benzene rings is 1. The molecule has 0 atom stereocenters. The van der Waals surface area contributed by atoms with Crippen LogP contribution in [0.3, 0.4) is 0 Å². The number of rotatable bonds is 3. The van der Waals surface area contributed by atoms with Crippen LogP contribution in [0.5, 0.6) is 0 Å². The van der Waals surface area contributed by atoms with Gasteiger partial charge in [0.05, 0.1) is 5.56 Å². The topological polar surface area (TPSA) is 84.7 Å². The number of nitrogens with one attached hydrogen (secondary N) is 1. The minimum Gasteiger partial charge on any atom is -0.375 e. The molecule has 4 rings (SSSR count). The van der Waals surface area contributed by atoms with Crippen LogP contribution in [0.2, 0.25) is 5.02 Å². The number of carbonyl (C=O) groups excluding carboxylic acids is 1. The van der Waals surface area contributed by atoms with Gasteiger partial charge in [-0.05, 0) is 23.8 Å². The lowest BCUT2D eigenvalue weighted by Gasteiger charge is -2.03. The Labute approximate surface area is 146 Å². The summed E-state index contributed by atoms with van der Waals surface area (Å²) in [7, 11) is 0. The number of nitrogens with zero attached hydrogens (tertiary/aromatic N) is 2. The Balaban J connectivity index is 1.81. The fourth-order valence-corrected chi connectivity index (χ4v) is 3.19. The van der Waals surface area contributed by atoms with Crippen molar-refractivity contribution in [2.24, 2.45) is 0 Å². The fourth-order valence-electron chi connectivity index (χ4n) is 2.52. The molecule has 0 spiro atoms. The summed E-state index contributed by atoms with van der Waals surface area (Å²) in [5.41, 5.74) is 9.03. The van der Waals surface area contributed by atoms with Crippen LogP contribution < -0.4 is 5.73 Å². The molecule has 24 heavy (non-hydrogen) atoms. The smallest absolute Gasteiger partial charge is 0.214 e. The summed E-state index contributed by atoms with van der Waals surface area (Å²) in [6.45, 7) is 0. The van der Waals surface area contributed by atoms with Gasteiger partial charge >= 0.3 is 0 Å². The highest BCUT2D eigenvalue weighted by Gasteiger charge is 2.18. The first-order valence-corrected chi connectivity index (χ1v) is 8.36. The number of H-pyrrole nitrogens is 1. The Morgan fingerprint density at radius 3 is 2.71 bits per heavy atom. The molecule has 0 saturated carbocycles. The molecule has 0 saturated heterocycles. The van der Waals surface area contributed by atoms with Crippen molar-refractivity contribution in [1.29, 1.82) is 0 Å². The molecule has 4 aromatic rings. The molecular formula is C17H11ClN4OS. The third-order valence-corrected chi connectivity index (χ3v) is 4.63. The summed E-state index contributed by atoms with van der Waals surface area (Å²) in [6, 6.07) is 9.41. The number of thiazole rings is 1. The quantitative estimate of drug-likeness (QED) is 0.541. The van der Waals surface area contributed by atoms with E-state index in [1.54, 1.807) is 17.8 Å². The molecule has 3 aromatic heterocycles. The molecule has 1 aromatic carbocycles. The van der Waals surface area contributed by atoms with Gasteiger partial charge < -0.3 is 10.7 Å². The van der Waals surface area contributed by atoms with Crippen molar-refractivity contribution in [3.8, 4) is 11.1 Å². The number of fused-ring (bicyclic) bond motifs is 1. The van der Waals surface area contributed by atoms with Crippen LogP contribution >= 0.6 is 22.9 Å². The van der Waals surface area contributed by atoms with Gasteiger partial charge in [-0.1, -0.05) is 23.7 Å². The van der Waals surface area contributed by atoms with Gasteiger partial charge in [0, 0.05) is 33.7 Å². The summed E-state index contributed by atoms with van der Waals surface area (Å²) in [5, 5.41) is 3.45. The van der Waals surface area contributed by atoms with Crippen molar-refractivity contribution in [1.82, 2.24) is 15.0 Å². The van der Waals surface area contributed by atoms with Gasteiger partial charge in [-0.3, -0.25) is 4.79 Å². The van der Waals surface area contributed by atoms with E-state index in [-0.39, 0.29) is 5.78 Å². The van der Waals surface area contributed by atoms with Gasteiger partial charge in [-0.25, -0.2) is 9.97 Å². The van der Waals surface area contributed by atoms with Crippen LogP contribution in [0.4, 0.5) is 5.13 Å². The molecular weight excluding hydrogens is 344 g/mol. The molecule has 0 bridgehead atoms. The van der Waals surface area contributed by atoms with E-state index in [1.807, 2.05) is 30.3 Å². The molecule has 0 aliphatic heterocycles. The second-order valence-electron chi connectivity index (χ2n) is 5.23. The van der Waals surface area contributed by atoms with Gasteiger partial charge in [0.1, 0.15) is 11.3 Å². The molecule has 0 aliphatic carbocycles. The first-order chi connectivity index (χ1) is 11.6. The summed E-state index contributed by atoms with van der Waals surface area (Å²) in [4.78, 5) is 24.1. The number of ketones is 1. The number of pyridine rings is 1. The lowest BCUT2D eigenvalue weighted by Crippen LogP contribution is -2.01. The predicted octanol–water partition coefficient (Wildman–Crippen LogP) is 4.15. The zero-order chi connectivity index (χ0) is 16.7. The number of hydrogen-bond donors (Lipinski definition) is 2. The number of aromatic nitrogens is 3. The van der Waals surface area contributed by atoms with Crippen molar-refractivity contribution in [3.63, 3.8) is 0 Å².